The molecular weight excluding hydrogens is 284 g/mol. The Kier molecular flexibility index (Phi) is 3.96. The van der Waals surface area contributed by atoms with Gasteiger partial charge in [0.25, 0.3) is 0 Å². The molecule has 0 amide bonds. The second-order valence-corrected chi connectivity index (χ2v) is 5.37. The van der Waals surface area contributed by atoms with Gasteiger partial charge in [-0.15, -0.1) is 0 Å². The van der Waals surface area contributed by atoms with Gasteiger partial charge < -0.3 is 5.32 Å². The number of rotatable bonds is 4. The van der Waals surface area contributed by atoms with Crippen molar-refractivity contribution in [2.24, 2.45) is 0 Å². The molecule has 0 radical (unpaired) electrons. The lowest BCUT2D eigenvalue weighted by Gasteiger charge is -2.15. The number of hydrogen-bond acceptors (Lipinski definition) is 3. The first-order valence-electron chi connectivity index (χ1n) is 5.13. The number of hydrogen-bond donors (Lipinski definition) is 1. The van der Waals surface area contributed by atoms with Gasteiger partial charge in [0, 0.05) is 18.4 Å². The molecule has 1 unspecified atom stereocenters. The molecule has 0 fully saturated rings. The van der Waals surface area contributed by atoms with Crippen molar-refractivity contribution in [1.29, 1.82) is 0 Å². The first kappa shape index (κ1) is 11.6. The van der Waals surface area contributed by atoms with Gasteiger partial charge in [0.2, 0.25) is 0 Å². The second-order valence-electron chi connectivity index (χ2n) is 3.74. The van der Waals surface area contributed by atoms with Crippen LogP contribution in [0.2, 0.25) is 0 Å². The van der Waals surface area contributed by atoms with Crippen LogP contribution in [0, 0.1) is 0 Å². The maximum absolute atomic E-state index is 4.04. The van der Waals surface area contributed by atoms with Crippen LogP contribution in [0.4, 0.5) is 5.69 Å². The maximum atomic E-state index is 4.04. The summed E-state index contributed by atoms with van der Waals surface area (Å²) in [6.45, 7) is 2.19. The Bertz CT molecular complexity index is 442. The number of halogens is 1. The molecule has 1 atom stereocenters. The molecule has 0 aliphatic heterocycles. The van der Waals surface area contributed by atoms with Crippen LogP contribution in [0.15, 0.2) is 39.8 Å². The van der Waals surface area contributed by atoms with E-state index >= 15 is 0 Å². The molecule has 0 spiro atoms. The number of pyridine rings is 1. The third kappa shape index (κ3) is 3.06. The fourth-order valence-corrected chi connectivity index (χ4v) is 2.62. The summed E-state index contributed by atoms with van der Waals surface area (Å²) in [5, 5.41) is 7.78. The highest BCUT2D eigenvalue weighted by atomic mass is 79.9. The van der Waals surface area contributed by atoms with Gasteiger partial charge in [-0.2, -0.15) is 11.3 Å². The lowest BCUT2D eigenvalue weighted by Crippen LogP contribution is -2.18. The predicted octanol–water partition coefficient (Wildman–Crippen LogP) is 3.95. The summed E-state index contributed by atoms with van der Waals surface area (Å²) in [5.41, 5.74) is 2.48. The van der Waals surface area contributed by atoms with Gasteiger partial charge in [-0.3, -0.25) is 4.98 Å². The average molecular weight is 297 g/mol. The zero-order valence-corrected chi connectivity index (χ0v) is 11.4. The van der Waals surface area contributed by atoms with Gasteiger partial charge in [0.05, 0.1) is 10.2 Å². The van der Waals surface area contributed by atoms with E-state index in [1.165, 1.54) is 5.56 Å². The molecule has 16 heavy (non-hydrogen) atoms. The summed E-state index contributed by atoms with van der Waals surface area (Å²) in [7, 11) is 0. The number of nitrogens with zero attached hydrogens (tertiary/aromatic N) is 1. The SMILES string of the molecule is CC(Cc1ccsc1)Nc1ccncc1Br. The van der Waals surface area contributed by atoms with E-state index < -0.39 is 0 Å². The molecule has 2 rings (SSSR count). The van der Waals surface area contributed by atoms with Crippen LogP contribution in [0.1, 0.15) is 12.5 Å². The standard InChI is InChI=1S/C12H13BrN2S/c1-9(6-10-3-5-16-8-10)15-12-2-4-14-7-11(12)13/h2-5,7-9H,6H2,1H3,(H,14,15). The molecule has 2 aromatic rings. The van der Waals surface area contributed by atoms with E-state index in [1.54, 1.807) is 23.7 Å². The smallest absolute Gasteiger partial charge is 0.0590 e. The van der Waals surface area contributed by atoms with Crippen molar-refractivity contribution in [3.8, 4) is 0 Å². The Hall–Kier alpha value is -0.870. The van der Waals surface area contributed by atoms with Crippen LogP contribution in [0.3, 0.4) is 0 Å². The first-order valence-corrected chi connectivity index (χ1v) is 6.86. The lowest BCUT2D eigenvalue weighted by atomic mass is 10.1. The molecular formula is C12H13BrN2S. The largest absolute Gasteiger partial charge is 0.381 e. The van der Waals surface area contributed by atoms with Crippen LogP contribution in [-0.2, 0) is 6.42 Å². The van der Waals surface area contributed by atoms with Crippen LogP contribution in [-0.4, -0.2) is 11.0 Å². The van der Waals surface area contributed by atoms with Crippen molar-refractivity contribution in [2.75, 3.05) is 5.32 Å². The number of anilines is 1. The average Bonchev–Trinajstić information content (AvgIpc) is 2.74. The highest BCUT2D eigenvalue weighted by Crippen LogP contribution is 2.21. The fraction of sp³-hybridized carbons (Fsp3) is 0.250. The summed E-state index contributed by atoms with van der Waals surface area (Å²) in [6.07, 6.45) is 4.64. The molecule has 1 N–H and O–H groups in total. The maximum Gasteiger partial charge on any atom is 0.0590 e. The minimum atomic E-state index is 0.410. The van der Waals surface area contributed by atoms with Crippen molar-refractivity contribution in [3.63, 3.8) is 0 Å². The zero-order chi connectivity index (χ0) is 11.4. The van der Waals surface area contributed by atoms with E-state index in [2.05, 4.69) is 50.0 Å². The van der Waals surface area contributed by atoms with E-state index in [9.17, 15) is 0 Å². The summed E-state index contributed by atoms with van der Waals surface area (Å²) in [5.74, 6) is 0. The molecule has 0 aliphatic rings. The number of aromatic nitrogens is 1. The van der Waals surface area contributed by atoms with Crippen LogP contribution in [0.25, 0.3) is 0 Å². The van der Waals surface area contributed by atoms with E-state index in [4.69, 9.17) is 0 Å². The highest BCUT2D eigenvalue weighted by molar-refractivity contribution is 9.10. The van der Waals surface area contributed by atoms with Gasteiger partial charge in [-0.25, -0.2) is 0 Å². The van der Waals surface area contributed by atoms with E-state index in [-0.39, 0.29) is 0 Å². The van der Waals surface area contributed by atoms with Crippen molar-refractivity contribution < 1.29 is 0 Å². The lowest BCUT2D eigenvalue weighted by molar-refractivity contribution is 0.791. The van der Waals surface area contributed by atoms with Gasteiger partial charge in [-0.05, 0) is 57.7 Å². The molecule has 2 aromatic heterocycles. The Labute approximate surface area is 108 Å². The van der Waals surface area contributed by atoms with Crippen LogP contribution >= 0.6 is 27.3 Å². The van der Waals surface area contributed by atoms with Crippen molar-refractivity contribution in [2.45, 2.75) is 19.4 Å². The third-order valence-corrected chi connectivity index (χ3v) is 3.66. The van der Waals surface area contributed by atoms with E-state index in [0.717, 1.165) is 16.6 Å². The van der Waals surface area contributed by atoms with Gasteiger partial charge >= 0.3 is 0 Å². The fourth-order valence-electron chi connectivity index (χ4n) is 1.57. The molecule has 4 heteroatoms. The van der Waals surface area contributed by atoms with Gasteiger partial charge in [0.15, 0.2) is 0 Å². The quantitative estimate of drug-likeness (QED) is 0.924. The highest BCUT2D eigenvalue weighted by Gasteiger charge is 2.06. The Morgan fingerprint density at radius 1 is 1.50 bits per heavy atom. The van der Waals surface area contributed by atoms with Crippen molar-refractivity contribution in [1.82, 2.24) is 4.98 Å². The Balaban J connectivity index is 1.97. The van der Waals surface area contributed by atoms with E-state index in [1.807, 2.05) is 6.07 Å². The molecule has 0 aliphatic carbocycles. The summed E-state index contributed by atoms with van der Waals surface area (Å²) >= 11 is 5.22. The predicted molar refractivity (Wildman–Crippen MR) is 73.0 cm³/mol. The summed E-state index contributed by atoms with van der Waals surface area (Å²) in [6, 6.07) is 4.56. The minimum absolute atomic E-state index is 0.410. The molecule has 2 nitrogen and oxygen atoms in total. The topological polar surface area (TPSA) is 24.9 Å². The van der Waals surface area contributed by atoms with Crippen molar-refractivity contribution >= 4 is 33.0 Å². The third-order valence-electron chi connectivity index (χ3n) is 2.30. The molecule has 84 valence electrons. The summed E-state index contributed by atoms with van der Waals surface area (Å²) in [4.78, 5) is 4.04. The molecule has 0 saturated carbocycles. The first-order chi connectivity index (χ1) is 7.75. The summed E-state index contributed by atoms with van der Waals surface area (Å²) < 4.78 is 1.01. The van der Waals surface area contributed by atoms with Crippen molar-refractivity contribution in [3.05, 3.63) is 45.3 Å². The minimum Gasteiger partial charge on any atom is -0.381 e. The van der Waals surface area contributed by atoms with Gasteiger partial charge in [-0.1, -0.05) is 0 Å². The second kappa shape index (κ2) is 5.46. The molecule has 2 heterocycles. The van der Waals surface area contributed by atoms with Crippen LogP contribution in [0.5, 0.6) is 0 Å². The zero-order valence-electron chi connectivity index (χ0n) is 8.98. The monoisotopic (exact) mass is 296 g/mol. The molecule has 0 aromatic carbocycles. The number of thiophene rings is 1. The molecule has 0 bridgehead atoms. The Morgan fingerprint density at radius 3 is 3.06 bits per heavy atom. The Morgan fingerprint density at radius 2 is 2.38 bits per heavy atom. The van der Waals surface area contributed by atoms with Gasteiger partial charge in [0.1, 0.15) is 0 Å². The van der Waals surface area contributed by atoms with E-state index in [0.29, 0.717) is 6.04 Å². The molecule has 0 saturated heterocycles. The normalized spacial score (nSPS) is 12.4. The number of nitrogens with one attached hydrogen (secondary N) is 1. The van der Waals surface area contributed by atoms with Crippen LogP contribution < -0.4 is 5.32 Å².